The minimum atomic E-state index is -0.684. The molecule has 4 fully saturated rings. The van der Waals surface area contributed by atoms with Gasteiger partial charge in [-0.2, -0.15) is 11.0 Å². The lowest BCUT2D eigenvalue weighted by Gasteiger charge is -2.29. The SMILES string of the molecule is O=C(/C=C/C(=O)ONCC1CC2CC2N1c1cncc(Cl)c1)ONCC1CC2CC2N1c1cncc(Cl)c1. The van der Waals surface area contributed by atoms with Gasteiger partial charge in [0.2, 0.25) is 0 Å². The van der Waals surface area contributed by atoms with Crippen LogP contribution in [0.15, 0.2) is 49.1 Å². The van der Waals surface area contributed by atoms with Gasteiger partial charge in [0.25, 0.3) is 0 Å². The molecule has 0 spiro atoms. The standard InChI is InChI=1S/C26H28Cl2N6O4/c27-17-7-21(11-29-9-17)33-19(3-15-5-23(15)33)13-31-37-25(35)1-2-26(36)38-32-14-20-4-16-6-24(16)34(20)22-8-18(28)10-30-12-22/h1-2,7-12,15-16,19-20,23-24,31-32H,3-6,13-14H2/b2-1+. The van der Waals surface area contributed by atoms with Crippen LogP contribution in [0.25, 0.3) is 0 Å². The number of hydrogen-bond donors (Lipinski definition) is 2. The van der Waals surface area contributed by atoms with Crippen molar-refractivity contribution >= 4 is 46.5 Å². The highest BCUT2D eigenvalue weighted by atomic mass is 35.5. The predicted octanol–water partition coefficient (Wildman–Crippen LogP) is 3.07. The second-order valence-corrected chi connectivity index (χ2v) is 11.2. The van der Waals surface area contributed by atoms with E-state index in [1.807, 2.05) is 12.1 Å². The highest BCUT2D eigenvalue weighted by Crippen LogP contribution is 2.50. The Morgan fingerprint density at radius 2 is 1.24 bits per heavy atom. The summed E-state index contributed by atoms with van der Waals surface area (Å²) in [5.74, 6) is -0.0843. The van der Waals surface area contributed by atoms with E-state index in [4.69, 9.17) is 32.9 Å². The lowest BCUT2D eigenvalue weighted by atomic mass is 10.1. The molecule has 2 N–H and O–H groups in total. The van der Waals surface area contributed by atoms with E-state index in [1.165, 1.54) is 0 Å². The second-order valence-electron chi connectivity index (χ2n) is 10.3. The third-order valence-corrected chi connectivity index (χ3v) is 8.15. The molecule has 6 atom stereocenters. The molecular formula is C26H28Cl2N6O4. The van der Waals surface area contributed by atoms with Crippen LogP contribution in [0.5, 0.6) is 0 Å². The average Bonchev–Trinajstić information content (AvgIpc) is 3.77. The van der Waals surface area contributed by atoms with Gasteiger partial charge in [-0.05, 0) is 49.7 Å². The monoisotopic (exact) mass is 558 g/mol. The number of fused-ring (bicyclic) bond motifs is 2. The van der Waals surface area contributed by atoms with Gasteiger partial charge < -0.3 is 19.5 Å². The van der Waals surface area contributed by atoms with Crippen molar-refractivity contribution < 1.29 is 19.3 Å². The van der Waals surface area contributed by atoms with Gasteiger partial charge in [-0.1, -0.05) is 23.2 Å². The highest BCUT2D eigenvalue weighted by Gasteiger charge is 2.52. The van der Waals surface area contributed by atoms with E-state index in [1.54, 1.807) is 24.8 Å². The number of nitrogens with zero attached hydrogens (tertiary/aromatic N) is 4. The number of carbonyl (C=O) groups is 2. The Labute approximate surface area is 230 Å². The molecule has 2 aromatic rings. The number of piperidine rings is 2. The van der Waals surface area contributed by atoms with Crippen LogP contribution >= 0.6 is 23.2 Å². The zero-order valence-corrected chi connectivity index (χ0v) is 22.0. The summed E-state index contributed by atoms with van der Waals surface area (Å²) < 4.78 is 0. The molecule has 6 rings (SSSR count). The quantitative estimate of drug-likeness (QED) is 0.333. The van der Waals surface area contributed by atoms with Crippen molar-refractivity contribution in [1.29, 1.82) is 0 Å². The Bertz CT molecular complexity index is 1150. The zero-order valence-electron chi connectivity index (χ0n) is 20.5. The average molecular weight is 559 g/mol. The molecule has 6 unspecified atom stereocenters. The first-order valence-electron chi connectivity index (χ1n) is 12.8. The van der Waals surface area contributed by atoms with Gasteiger partial charge in [-0.15, -0.1) is 0 Å². The fraction of sp³-hybridized carbons (Fsp3) is 0.462. The van der Waals surface area contributed by atoms with E-state index < -0.39 is 11.9 Å². The molecule has 2 saturated carbocycles. The van der Waals surface area contributed by atoms with Crippen LogP contribution in [0.2, 0.25) is 10.0 Å². The van der Waals surface area contributed by atoms with Gasteiger partial charge in [0.15, 0.2) is 0 Å². The van der Waals surface area contributed by atoms with Gasteiger partial charge in [0.1, 0.15) is 0 Å². The lowest BCUT2D eigenvalue weighted by Crippen LogP contribution is -2.41. The first-order chi connectivity index (χ1) is 18.5. The Morgan fingerprint density at radius 3 is 1.66 bits per heavy atom. The summed E-state index contributed by atoms with van der Waals surface area (Å²) in [6, 6.07) is 5.08. The van der Waals surface area contributed by atoms with Crippen LogP contribution in [0.3, 0.4) is 0 Å². The van der Waals surface area contributed by atoms with Gasteiger partial charge in [-0.25, -0.2) is 9.59 Å². The normalized spacial score (nSPS) is 28.8. The predicted molar refractivity (Wildman–Crippen MR) is 141 cm³/mol. The van der Waals surface area contributed by atoms with Crippen LogP contribution in [-0.4, -0.2) is 59.2 Å². The van der Waals surface area contributed by atoms with Crippen LogP contribution in [0.4, 0.5) is 11.4 Å². The minimum Gasteiger partial charge on any atom is -0.367 e. The van der Waals surface area contributed by atoms with E-state index in [0.717, 1.165) is 49.2 Å². The van der Waals surface area contributed by atoms with Crippen LogP contribution in [-0.2, 0) is 19.3 Å². The van der Waals surface area contributed by atoms with Gasteiger partial charge in [-0.3, -0.25) is 9.97 Å². The molecule has 4 aliphatic rings. The maximum Gasteiger partial charge on any atom is 0.349 e. The number of rotatable bonds is 10. The molecule has 2 aliphatic heterocycles. The van der Waals surface area contributed by atoms with E-state index in [2.05, 4.69) is 30.7 Å². The Balaban J connectivity index is 0.918. The summed E-state index contributed by atoms with van der Waals surface area (Å²) in [6.45, 7) is 0.903. The van der Waals surface area contributed by atoms with Crippen LogP contribution < -0.4 is 20.8 Å². The Morgan fingerprint density at radius 1 is 0.789 bits per heavy atom. The topological polar surface area (TPSA) is 109 Å². The second kappa shape index (κ2) is 10.7. The summed E-state index contributed by atoms with van der Waals surface area (Å²) >= 11 is 12.2. The van der Waals surface area contributed by atoms with Gasteiger partial charge >= 0.3 is 11.9 Å². The van der Waals surface area contributed by atoms with Crippen molar-refractivity contribution in [2.45, 2.75) is 49.9 Å². The fourth-order valence-electron chi connectivity index (χ4n) is 5.99. The fourth-order valence-corrected chi connectivity index (χ4v) is 6.33. The van der Waals surface area contributed by atoms with Crippen molar-refractivity contribution in [2.75, 3.05) is 22.9 Å². The van der Waals surface area contributed by atoms with E-state index >= 15 is 0 Å². The van der Waals surface area contributed by atoms with Crippen molar-refractivity contribution in [1.82, 2.24) is 20.9 Å². The molecule has 2 aromatic heterocycles. The molecule has 0 amide bonds. The van der Waals surface area contributed by atoms with Crippen molar-refractivity contribution in [3.63, 3.8) is 0 Å². The number of halogens is 2. The number of aromatic nitrogens is 2. The highest BCUT2D eigenvalue weighted by molar-refractivity contribution is 6.31. The summed E-state index contributed by atoms with van der Waals surface area (Å²) in [4.78, 5) is 47.3. The third-order valence-electron chi connectivity index (χ3n) is 7.74. The molecule has 4 heterocycles. The maximum absolute atomic E-state index is 12.1. The summed E-state index contributed by atoms with van der Waals surface area (Å²) in [5.41, 5.74) is 7.41. The summed E-state index contributed by atoms with van der Waals surface area (Å²) in [6.07, 6.45) is 13.2. The molecule has 2 saturated heterocycles. The van der Waals surface area contributed by atoms with Crippen molar-refractivity contribution in [3.8, 4) is 0 Å². The van der Waals surface area contributed by atoms with Crippen LogP contribution in [0.1, 0.15) is 25.7 Å². The molecule has 10 nitrogen and oxygen atoms in total. The molecule has 0 bridgehead atoms. The number of carbonyl (C=O) groups excluding carboxylic acids is 2. The molecule has 0 radical (unpaired) electrons. The lowest BCUT2D eigenvalue weighted by molar-refractivity contribution is -0.147. The third kappa shape index (κ3) is 5.58. The Hall–Kier alpha value is -2.92. The molecular weight excluding hydrogens is 531 g/mol. The summed E-state index contributed by atoms with van der Waals surface area (Å²) in [7, 11) is 0. The Kier molecular flexibility index (Phi) is 7.13. The first-order valence-corrected chi connectivity index (χ1v) is 13.5. The molecule has 38 heavy (non-hydrogen) atoms. The van der Waals surface area contributed by atoms with E-state index in [-0.39, 0.29) is 12.1 Å². The number of hydrogen-bond acceptors (Lipinski definition) is 10. The van der Waals surface area contributed by atoms with E-state index in [0.29, 0.717) is 47.1 Å². The number of nitrogens with one attached hydrogen (secondary N) is 2. The number of anilines is 2. The minimum absolute atomic E-state index is 0.161. The largest absolute Gasteiger partial charge is 0.367 e. The van der Waals surface area contributed by atoms with E-state index in [9.17, 15) is 9.59 Å². The van der Waals surface area contributed by atoms with Gasteiger partial charge in [0, 0.05) is 48.7 Å². The molecule has 2 aliphatic carbocycles. The van der Waals surface area contributed by atoms with Gasteiger partial charge in [0.05, 0.1) is 46.9 Å². The van der Waals surface area contributed by atoms with Crippen molar-refractivity contribution in [3.05, 3.63) is 59.1 Å². The molecule has 12 heteroatoms. The number of pyridine rings is 2. The number of hydroxylamine groups is 2. The molecule has 200 valence electrons. The zero-order chi connectivity index (χ0) is 26.2. The molecule has 0 aromatic carbocycles. The first kappa shape index (κ1) is 25.4. The van der Waals surface area contributed by atoms with Crippen LogP contribution in [0, 0.1) is 11.8 Å². The maximum atomic E-state index is 12.1. The summed E-state index contributed by atoms with van der Waals surface area (Å²) in [5, 5.41) is 1.18. The van der Waals surface area contributed by atoms with Crippen molar-refractivity contribution in [2.24, 2.45) is 11.8 Å². The smallest absolute Gasteiger partial charge is 0.349 e.